The first-order chi connectivity index (χ1) is 12.2. The maximum absolute atomic E-state index is 12.2. The molecule has 0 fully saturated rings. The number of amides is 1. The summed E-state index contributed by atoms with van der Waals surface area (Å²) in [6.45, 7) is 2.85. The fraction of sp³-hybridized carbons (Fsp3) is 0.235. The number of furan rings is 1. The second kappa shape index (κ2) is 8.35. The number of hydrogen-bond acceptors (Lipinski definition) is 5. The predicted octanol–water partition coefficient (Wildman–Crippen LogP) is 4.44. The SMILES string of the molecule is CCCn1c(SCC(=O)Nc2ccc(Br)cc2)nnc1-c1ccco1. The molecule has 0 atom stereocenters. The fourth-order valence-electron chi connectivity index (χ4n) is 2.27. The van der Waals surface area contributed by atoms with Crippen molar-refractivity contribution < 1.29 is 9.21 Å². The molecule has 3 rings (SSSR count). The number of anilines is 1. The molecule has 0 radical (unpaired) electrons. The summed E-state index contributed by atoms with van der Waals surface area (Å²) < 4.78 is 8.37. The molecule has 0 unspecified atom stereocenters. The Hall–Kier alpha value is -2.06. The molecule has 1 amide bonds. The summed E-state index contributed by atoms with van der Waals surface area (Å²) in [5.74, 6) is 1.53. The minimum Gasteiger partial charge on any atom is -0.461 e. The Kier molecular flexibility index (Phi) is 5.93. The third-order valence-corrected chi connectivity index (χ3v) is 4.86. The number of benzene rings is 1. The van der Waals surface area contributed by atoms with Crippen LogP contribution in [-0.2, 0) is 11.3 Å². The van der Waals surface area contributed by atoms with Crippen molar-refractivity contribution in [3.8, 4) is 11.6 Å². The van der Waals surface area contributed by atoms with Crippen molar-refractivity contribution in [3.63, 3.8) is 0 Å². The highest BCUT2D eigenvalue weighted by Gasteiger charge is 2.16. The van der Waals surface area contributed by atoms with Crippen LogP contribution < -0.4 is 5.32 Å². The van der Waals surface area contributed by atoms with Gasteiger partial charge in [0.05, 0.1) is 12.0 Å². The molecule has 130 valence electrons. The molecule has 3 aromatic rings. The first kappa shape index (κ1) is 17.8. The minimum atomic E-state index is -0.0853. The molecule has 0 saturated carbocycles. The van der Waals surface area contributed by atoms with E-state index in [9.17, 15) is 4.79 Å². The zero-order valence-electron chi connectivity index (χ0n) is 13.6. The number of carbonyl (C=O) groups excluding carboxylic acids is 1. The van der Waals surface area contributed by atoms with E-state index < -0.39 is 0 Å². The van der Waals surface area contributed by atoms with Crippen LogP contribution in [0.4, 0.5) is 5.69 Å². The summed E-state index contributed by atoms with van der Waals surface area (Å²) in [4.78, 5) is 12.2. The highest BCUT2D eigenvalue weighted by atomic mass is 79.9. The normalized spacial score (nSPS) is 10.8. The number of thioether (sulfide) groups is 1. The Morgan fingerprint density at radius 1 is 1.28 bits per heavy atom. The molecule has 0 saturated heterocycles. The maximum atomic E-state index is 12.2. The van der Waals surface area contributed by atoms with Gasteiger partial charge in [-0.2, -0.15) is 0 Å². The molecule has 2 heterocycles. The molecule has 1 N–H and O–H groups in total. The van der Waals surface area contributed by atoms with Crippen LogP contribution >= 0.6 is 27.7 Å². The number of hydrogen-bond donors (Lipinski definition) is 1. The summed E-state index contributed by atoms with van der Waals surface area (Å²) in [5.41, 5.74) is 0.764. The van der Waals surface area contributed by atoms with Gasteiger partial charge in [-0.3, -0.25) is 9.36 Å². The Morgan fingerprint density at radius 3 is 2.76 bits per heavy atom. The van der Waals surface area contributed by atoms with Gasteiger partial charge in [0.25, 0.3) is 0 Å². The largest absolute Gasteiger partial charge is 0.461 e. The van der Waals surface area contributed by atoms with E-state index in [1.165, 1.54) is 11.8 Å². The lowest BCUT2D eigenvalue weighted by Crippen LogP contribution is -2.14. The van der Waals surface area contributed by atoms with E-state index in [0.717, 1.165) is 23.1 Å². The topological polar surface area (TPSA) is 73.0 Å². The summed E-state index contributed by atoms with van der Waals surface area (Å²) in [5, 5.41) is 12.0. The van der Waals surface area contributed by atoms with E-state index in [0.29, 0.717) is 16.7 Å². The molecule has 25 heavy (non-hydrogen) atoms. The van der Waals surface area contributed by atoms with Gasteiger partial charge in [-0.15, -0.1) is 10.2 Å². The average molecular weight is 421 g/mol. The second-order valence-electron chi connectivity index (χ2n) is 5.28. The molecule has 8 heteroatoms. The molecule has 0 bridgehead atoms. The van der Waals surface area contributed by atoms with Gasteiger partial charge in [0, 0.05) is 16.7 Å². The van der Waals surface area contributed by atoms with Gasteiger partial charge in [0.1, 0.15) is 0 Å². The van der Waals surface area contributed by atoms with Crippen LogP contribution in [0.2, 0.25) is 0 Å². The van der Waals surface area contributed by atoms with Gasteiger partial charge in [-0.25, -0.2) is 0 Å². The highest BCUT2D eigenvalue weighted by molar-refractivity contribution is 9.10. The van der Waals surface area contributed by atoms with Crippen LogP contribution in [0.1, 0.15) is 13.3 Å². The van der Waals surface area contributed by atoms with Gasteiger partial charge in [0.15, 0.2) is 16.7 Å². The van der Waals surface area contributed by atoms with Crippen molar-refractivity contribution in [1.29, 1.82) is 0 Å². The molecule has 0 aliphatic rings. The molecular formula is C17H17BrN4O2S. The number of nitrogens with zero attached hydrogens (tertiary/aromatic N) is 3. The summed E-state index contributed by atoms with van der Waals surface area (Å²) in [7, 11) is 0. The van der Waals surface area contributed by atoms with Gasteiger partial charge in [-0.05, 0) is 42.8 Å². The van der Waals surface area contributed by atoms with Crippen molar-refractivity contribution in [2.24, 2.45) is 0 Å². The van der Waals surface area contributed by atoms with Gasteiger partial charge in [0.2, 0.25) is 5.91 Å². The van der Waals surface area contributed by atoms with E-state index in [1.807, 2.05) is 41.0 Å². The lowest BCUT2D eigenvalue weighted by atomic mass is 10.3. The molecule has 0 aliphatic carbocycles. The van der Waals surface area contributed by atoms with Gasteiger partial charge < -0.3 is 9.73 Å². The average Bonchev–Trinajstić information content (AvgIpc) is 3.25. The van der Waals surface area contributed by atoms with Gasteiger partial charge in [-0.1, -0.05) is 34.6 Å². The molecule has 0 spiro atoms. The molecule has 1 aromatic carbocycles. The third kappa shape index (κ3) is 4.52. The lowest BCUT2D eigenvalue weighted by molar-refractivity contribution is -0.113. The maximum Gasteiger partial charge on any atom is 0.234 e. The molecule has 6 nitrogen and oxygen atoms in total. The van der Waals surface area contributed by atoms with E-state index in [1.54, 1.807) is 6.26 Å². The zero-order valence-corrected chi connectivity index (χ0v) is 16.0. The molecule has 0 aliphatic heterocycles. The first-order valence-corrected chi connectivity index (χ1v) is 9.60. The number of carbonyl (C=O) groups is 1. The predicted molar refractivity (Wildman–Crippen MR) is 102 cm³/mol. The quantitative estimate of drug-likeness (QED) is 0.571. The van der Waals surface area contributed by atoms with Crippen molar-refractivity contribution in [2.45, 2.75) is 25.0 Å². The Labute approximate surface area is 158 Å². The van der Waals surface area contributed by atoms with E-state index >= 15 is 0 Å². The van der Waals surface area contributed by atoms with Crippen molar-refractivity contribution in [2.75, 3.05) is 11.1 Å². The Morgan fingerprint density at radius 2 is 2.08 bits per heavy atom. The standard InChI is InChI=1S/C17H17BrN4O2S/c1-2-9-22-16(14-4-3-10-24-14)20-21-17(22)25-11-15(23)19-13-7-5-12(18)6-8-13/h3-8,10H,2,9,11H2,1H3,(H,19,23). The van der Waals surface area contributed by atoms with Crippen LogP contribution in [-0.4, -0.2) is 26.4 Å². The minimum absolute atomic E-state index is 0.0853. The van der Waals surface area contributed by atoms with Crippen molar-refractivity contribution in [3.05, 3.63) is 47.1 Å². The zero-order chi connectivity index (χ0) is 17.6. The van der Waals surface area contributed by atoms with Crippen LogP contribution in [0.15, 0.2) is 56.7 Å². The van der Waals surface area contributed by atoms with Crippen LogP contribution in [0.25, 0.3) is 11.6 Å². The van der Waals surface area contributed by atoms with Crippen LogP contribution in [0.3, 0.4) is 0 Å². The highest BCUT2D eigenvalue weighted by Crippen LogP contribution is 2.25. The van der Waals surface area contributed by atoms with E-state index in [2.05, 4.69) is 38.4 Å². The summed E-state index contributed by atoms with van der Waals surface area (Å²) in [6, 6.07) is 11.1. The number of aromatic nitrogens is 3. The van der Waals surface area contributed by atoms with Gasteiger partial charge >= 0.3 is 0 Å². The fourth-order valence-corrected chi connectivity index (χ4v) is 3.30. The van der Waals surface area contributed by atoms with Crippen LogP contribution in [0.5, 0.6) is 0 Å². The number of rotatable bonds is 7. The summed E-state index contributed by atoms with van der Waals surface area (Å²) in [6.07, 6.45) is 2.54. The Balaban J connectivity index is 1.66. The number of nitrogens with one attached hydrogen (secondary N) is 1. The molecule has 2 aromatic heterocycles. The molecular weight excluding hydrogens is 404 g/mol. The smallest absolute Gasteiger partial charge is 0.234 e. The second-order valence-corrected chi connectivity index (χ2v) is 7.14. The van der Waals surface area contributed by atoms with Crippen molar-refractivity contribution in [1.82, 2.24) is 14.8 Å². The Bertz CT molecular complexity index is 831. The lowest BCUT2D eigenvalue weighted by Gasteiger charge is -2.08. The van der Waals surface area contributed by atoms with E-state index in [4.69, 9.17) is 4.42 Å². The van der Waals surface area contributed by atoms with Crippen LogP contribution in [0, 0.1) is 0 Å². The third-order valence-electron chi connectivity index (χ3n) is 3.37. The van der Waals surface area contributed by atoms with Crippen molar-refractivity contribution >= 4 is 39.3 Å². The van der Waals surface area contributed by atoms with E-state index in [-0.39, 0.29) is 11.7 Å². The monoisotopic (exact) mass is 420 g/mol. The summed E-state index contributed by atoms with van der Waals surface area (Å²) >= 11 is 4.73. The number of halogens is 1. The first-order valence-electron chi connectivity index (χ1n) is 7.82.